The van der Waals surface area contributed by atoms with Crippen molar-refractivity contribution >= 4 is 23.2 Å². The summed E-state index contributed by atoms with van der Waals surface area (Å²) < 4.78 is 14.4. The Hall–Kier alpha value is -3.09. The molecule has 0 fully saturated rings. The first-order chi connectivity index (χ1) is 10.4. The zero-order valence-electron chi connectivity index (χ0n) is 11.4. The summed E-state index contributed by atoms with van der Waals surface area (Å²) in [6.07, 6.45) is 0. The van der Waals surface area contributed by atoms with Gasteiger partial charge in [0.2, 0.25) is 0 Å². The average molecular weight is 300 g/mol. The lowest BCUT2D eigenvalue weighted by molar-refractivity contribution is -0.384. The minimum absolute atomic E-state index is 0.0997. The van der Waals surface area contributed by atoms with Gasteiger partial charge in [0.05, 0.1) is 16.1 Å². The summed E-state index contributed by atoms with van der Waals surface area (Å²) in [6.45, 7) is 1.40. The molecule has 0 saturated heterocycles. The summed E-state index contributed by atoms with van der Waals surface area (Å²) in [6, 6.07) is 8.29. The maximum absolute atomic E-state index is 14.4. The number of imide groups is 1. The van der Waals surface area contributed by atoms with Crippen molar-refractivity contribution in [3.05, 3.63) is 69.0 Å². The Bertz CT molecular complexity index is 812. The standard InChI is InChI=1S/C15H9FN2O4/c1-8-6-7-11(18(21)22)13(12(8)16)17-14(19)9-4-2-3-5-10(9)15(17)20/h2-7H,1H3. The topological polar surface area (TPSA) is 80.5 Å². The number of carbonyl (C=O) groups excluding carboxylic acids is 2. The number of nitro groups is 1. The Morgan fingerprint density at radius 1 is 1.05 bits per heavy atom. The Morgan fingerprint density at radius 3 is 2.09 bits per heavy atom. The lowest BCUT2D eigenvalue weighted by atomic mass is 10.1. The molecule has 2 aromatic carbocycles. The van der Waals surface area contributed by atoms with E-state index in [0.29, 0.717) is 4.90 Å². The highest BCUT2D eigenvalue weighted by Gasteiger charge is 2.41. The van der Waals surface area contributed by atoms with Gasteiger partial charge in [-0.15, -0.1) is 0 Å². The molecule has 7 heteroatoms. The monoisotopic (exact) mass is 300 g/mol. The van der Waals surface area contributed by atoms with E-state index in [9.17, 15) is 24.1 Å². The van der Waals surface area contributed by atoms with Gasteiger partial charge in [-0.3, -0.25) is 19.7 Å². The van der Waals surface area contributed by atoms with Gasteiger partial charge in [-0.2, -0.15) is 0 Å². The molecule has 0 aromatic heterocycles. The number of nitro benzene ring substituents is 1. The Labute approximate surface area is 123 Å². The van der Waals surface area contributed by atoms with Crippen LogP contribution in [0.4, 0.5) is 15.8 Å². The fraction of sp³-hybridized carbons (Fsp3) is 0.0667. The number of anilines is 1. The molecule has 0 bridgehead atoms. The second-order valence-electron chi connectivity index (χ2n) is 4.81. The molecule has 3 rings (SSSR count). The van der Waals surface area contributed by atoms with Gasteiger partial charge in [-0.05, 0) is 30.7 Å². The van der Waals surface area contributed by atoms with Crippen molar-refractivity contribution < 1.29 is 18.9 Å². The fourth-order valence-electron chi connectivity index (χ4n) is 2.41. The lowest BCUT2D eigenvalue weighted by Gasteiger charge is -2.15. The van der Waals surface area contributed by atoms with E-state index in [1.54, 1.807) is 12.1 Å². The van der Waals surface area contributed by atoms with E-state index in [1.165, 1.54) is 25.1 Å². The molecule has 0 aliphatic carbocycles. The van der Waals surface area contributed by atoms with E-state index in [4.69, 9.17) is 0 Å². The Kier molecular flexibility index (Phi) is 2.98. The predicted molar refractivity (Wildman–Crippen MR) is 75.4 cm³/mol. The first kappa shape index (κ1) is 13.9. The van der Waals surface area contributed by atoms with Gasteiger partial charge in [0.15, 0.2) is 11.5 Å². The number of amides is 2. The molecule has 6 nitrogen and oxygen atoms in total. The molecule has 2 amide bonds. The van der Waals surface area contributed by atoms with Crippen LogP contribution in [0.15, 0.2) is 36.4 Å². The number of hydrogen-bond acceptors (Lipinski definition) is 4. The van der Waals surface area contributed by atoms with Crippen molar-refractivity contribution in [1.82, 2.24) is 0 Å². The fourth-order valence-corrected chi connectivity index (χ4v) is 2.41. The highest BCUT2D eigenvalue weighted by molar-refractivity contribution is 6.35. The third-order valence-electron chi connectivity index (χ3n) is 3.50. The number of benzene rings is 2. The first-order valence-corrected chi connectivity index (χ1v) is 6.34. The number of aryl methyl sites for hydroxylation is 1. The molecule has 0 atom stereocenters. The van der Waals surface area contributed by atoms with Crippen LogP contribution in [0, 0.1) is 22.9 Å². The smallest absolute Gasteiger partial charge is 0.268 e. The van der Waals surface area contributed by atoms with Crippen LogP contribution >= 0.6 is 0 Å². The van der Waals surface area contributed by atoms with Gasteiger partial charge in [0.1, 0.15) is 0 Å². The SMILES string of the molecule is Cc1ccc([N+](=O)[O-])c(N2C(=O)c3ccccc3C2=O)c1F. The molecule has 22 heavy (non-hydrogen) atoms. The van der Waals surface area contributed by atoms with Crippen LogP contribution in [0.2, 0.25) is 0 Å². The number of fused-ring (bicyclic) bond motifs is 1. The molecule has 1 aliphatic heterocycles. The maximum Gasteiger partial charge on any atom is 0.296 e. The minimum Gasteiger partial charge on any atom is -0.268 e. The summed E-state index contributed by atoms with van der Waals surface area (Å²) in [4.78, 5) is 35.6. The molecular weight excluding hydrogens is 291 g/mol. The average Bonchev–Trinajstić information content (AvgIpc) is 2.74. The van der Waals surface area contributed by atoms with E-state index >= 15 is 0 Å². The van der Waals surface area contributed by atoms with E-state index in [2.05, 4.69) is 0 Å². The van der Waals surface area contributed by atoms with Gasteiger partial charge in [-0.1, -0.05) is 12.1 Å². The van der Waals surface area contributed by atoms with Crippen molar-refractivity contribution in [2.45, 2.75) is 6.92 Å². The Balaban J connectivity index is 2.26. The van der Waals surface area contributed by atoms with Crippen LogP contribution in [-0.2, 0) is 0 Å². The summed E-state index contributed by atoms with van der Waals surface area (Å²) in [5.74, 6) is -2.50. The zero-order chi connectivity index (χ0) is 16.0. The first-order valence-electron chi connectivity index (χ1n) is 6.34. The number of rotatable bonds is 2. The summed E-state index contributed by atoms with van der Waals surface area (Å²) in [7, 11) is 0. The van der Waals surface area contributed by atoms with Crippen LogP contribution in [0.5, 0.6) is 0 Å². The van der Waals surface area contributed by atoms with Gasteiger partial charge in [0.25, 0.3) is 17.5 Å². The molecular formula is C15H9FN2O4. The third kappa shape index (κ3) is 1.79. The second-order valence-corrected chi connectivity index (χ2v) is 4.81. The number of nitrogens with zero attached hydrogens (tertiary/aromatic N) is 2. The van der Waals surface area contributed by atoms with E-state index in [1.807, 2.05) is 0 Å². The largest absolute Gasteiger partial charge is 0.296 e. The van der Waals surface area contributed by atoms with Crippen molar-refractivity contribution in [1.29, 1.82) is 0 Å². The molecule has 0 radical (unpaired) electrons. The number of carbonyl (C=O) groups is 2. The van der Waals surface area contributed by atoms with Crippen LogP contribution in [0.3, 0.4) is 0 Å². The highest BCUT2D eigenvalue weighted by atomic mass is 19.1. The van der Waals surface area contributed by atoms with Gasteiger partial charge in [0, 0.05) is 6.07 Å². The van der Waals surface area contributed by atoms with Crippen molar-refractivity contribution in [3.8, 4) is 0 Å². The Morgan fingerprint density at radius 2 is 1.59 bits per heavy atom. The van der Waals surface area contributed by atoms with Crippen LogP contribution in [-0.4, -0.2) is 16.7 Å². The summed E-state index contributed by atoms with van der Waals surface area (Å²) in [5.41, 5.74) is -0.934. The quantitative estimate of drug-likeness (QED) is 0.485. The van der Waals surface area contributed by atoms with Gasteiger partial charge >= 0.3 is 0 Å². The second kappa shape index (κ2) is 4.73. The molecule has 0 spiro atoms. The molecule has 1 heterocycles. The van der Waals surface area contributed by atoms with Gasteiger partial charge < -0.3 is 0 Å². The van der Waals surface area contributed by atoms with E-state index in [0.717, 1.165) is 6.07 Å². The summed E-state index contributed by atoms with van der Waals surface area (Å²) in [5, 5.41) is 11.1. The van der Waals surface area contributed by atoms with E-state index in [-0.39, 0.29) is 16.7 Å². The minimum atomic E-state index is -0.955. The van der Waals surface area contributed by atoms with E-state index < -0.39 is 33.9 Å². The molecule has 0 N–H and O–H groups in total. The van der Waals surface area contributed by atoms with Crippen molar-refractivity contribution in [3.63, 3.8) is 0 Å². The van der Waals surface area contributed by atoms with Crippen molar-refractivity contribution in [2.75, 3.05) is 4.90 Å². The molecule has 0 saturated carbocycles. The molecule has 2 aromatic rings. The molecule has 110 valence electrons. The highest BCUT2D eigenvalue weighted by Crippen LogP contribution is 2.37. The lowest BCUT2D eigenvalue weighted by Crippen LogP contribution is -2.31. The molecule has 1 aliphatic rings. The normalized spacial score (nSPS) is 13.5. The molecule has 0 unspecified atom stereocenters. The zero-order valence-corrected chi connectivity index (χ0v) is 11.4. The van der Waals surface area contributed by atoms with Crippen molar-refractivity contribution in [2.24, 2.45) is 0 Å². The summed E-state index contributed by atoms with van der Waals surface area (Å²) >= 11 is 0. The van der Waals surface area contributed by atoms with Crippen LogP contribution < -0.4 is 4.90 Å². The van der Waals surface area contributed by atoms with Crippen LogP contribution in [0.25, 0.3) is 0 Å². The number of hydrogen-bond donors (Lipinski definition) is 0. The van der Waals surface area contributed by atoms with Gasteiger partial charge in [-0.25, -0.2) is 9.29 Å². The maximum atomic E-state index is 14.4. The number of halogens is 1. The third-order valence-corrected chi connectivity index (χ3v) is 3.50. The van der Waals surface area contributed by atoms with Crippen LogP contribution in [0.1, 0.15) is 26.3 Å². The predicted octanol–water partition coefficient (Wildman–Crippen LogP) is 2.84.